The molecular formula is C31H42O6Si. The van der Waals surface area contributed by atoms with Gasteiger partial charge in [-0.15, -0.1) is 6.58 Å². The van der Waals surface area contributed by atoms with Crippen LogP contribution in [0.4, 0.5) is 0 Å². The van der Waals surface area contributed by atoms with Crippen LogP contribution >= 0.6 is 0 Å². The molecule has 0 fully saturated rings. The van der Waals surface area contributed by atoms with Crippen LogP contribution in [0.25, 0.3) is 0 Å². The first-order valence-corrected chi connectivity index (χ1v) is 15.2. The summed E-state index contributed by atoms with van der Waals surface area (Å²) in [6.45, 7) is 15.2. The minimum atomic E-state index is -2.66. The predicted octanol–water partition coefficient (Wildman–Crippen LogP) is 5.47. The Morgan fingerprint density at radius 3 is 2.18 bits per heavy atom. The van der Waals surface area contributed by atoms with E-state index in [1.807, 2.05) is 25.1 Å². The molecule has 0 N–H and O–H groups in total. The fraction of sp³-hybridized carbons (Fsp3) is 0.452. The van der Waals surface area contributed by atoms with E-state index in [0.717, 1.165) is 11.3 Å². The lowest BCUT2D eigenvalue weighted by Gasteiger charge is -2.43. The number of hydrogen-bond acceptors (Lipinski definition) is 6. The Morgan fingerprint density at radius 2 is 1.68 bits per heavy atom. The molecule has 206 valence electrons. The lowest BCUT2D eigenvalue weighted by molar-refractivity contribution is -0.191. The van der Waals surface area contributed by atoms with Crippen LogP contribution in [0.3, 0.4) is 0 Å². The maximum Gasteiger partial charge on any atom is 0.304 e. The number of esters is 1. The normalized spacial score (nSPS) is 15.9. The number of hydrogen-bond donors (Lipinski definition) is 0. The van der Waals surface area contributed by atoms with E-state index in [0.29, 0.717) is 32.5 Å². The van der Waals surface area contributed by atoms with Gasteiger partial charge in [0.25, 0.3) is 8.32 Å². The third kappa shape index (κ3) is 7.66. The molecule has 0 saturated carbocycles. The van der Waals surface area contributed by atoms with Gasteiger partial charge in [0.15, 0.2) is 6.79 Å². The molecule has 6 nitrogen and oxygen atoms in total. The van der Waals surface area contributed by atoms with Gasteiger partial charge in [-0.3, -0.25) is 4.79 Å². The second kappa shape index (κ2) is 13.9. The van der Waals surface area contributed by atoms with Crippen LogP contribution in [-0.2, 0) is 28.2 Å². The highest BCUT2D eigenvalue weighted by Gasteiger charge is 2.50. The quantitative estimate of drug-likeness (QED) is 0.146. The van der Waals surface area contributed by atoms with E-state index in [1.54, 1.807) is 0 Å². The van der Waals surface area contributed by atoms with Crippen LogP contribution in [0, 0.1) is 0 Å². The molecule has 1 aliphatic heterocycles. The van der Waals surface area contributed by atoms with Gasteiger partial charge in [-0.2, -0.15) is 0 Å². The highest BCUT2D eigenvalue weighted by molar-refractivity contribution is 6.99. The summed E-state index contributed by atoms with van der Waals surface area (Å²) in [5, 5.41) is 2.35. The molecule has 2 aromatic carbocycles. The first-order valence-electron chi connectivity index (χ1n) is 13.2. The Bertz CT molecular complexity index is 1020. The van der Waals surface area contributed by atoms with Crippen molar-refractivity contribution in [1.29, 1.82) is 0 Å². The Balaban J connectivity index is 1.82. The van der Waals surface area contributed by atoms with Gasteiger partial charge in [-0.25, -0.2) is 0 Å². The molecule has 1 heterocycles. The molecule has 3 rings (SSSR count). The monoisotopic (exact) mass is 538 g/mol. The fourth-order valence-corrected chi connectivity index (χ4v) is 9.52. The van der Waals surface area contributed by atoms with Crippen molar-refractivity contribution in [1.82, 2.24) is 0 Å². The SMILES string of the molecule is C=CC[C@@H](CCO[Si](c1ccccc1)(c1ccccc1)C(C)(C)C)OC(CC1=C(C)COCO1)OC(C)=O. The molecule has 0 aromatic heterocycles. The molecular weight excluding hydrogens is 496 g/mol. The number of benzene rings is 2. The minimum absolute atomic E-state index is 0.116. The Morgan fingerprint density at radius 1 is 1.08 bits per heavy atom. The third-order valence-electron chi connectivity index (χ3n) is 6.71. The van der Waals surface area contributed by atoms with Crippen molar-refractivity contribution in [2.45, 2.75) is 71.3 Å². The van der Waals surface area contributed by atoms with Gasteiger partial charge in [-0.1, -0.05) is 87.5 Å². The van der Waals surface area contributed by atoms with E-state index in [-0.39, 0.29) is 17.9 Å². The van der Waals surface area contributed by atoms with Crippen molar-refractivity contribution in [3.63, 3.8) is 0 Å². The molecule has 2 aromatic rings. The van der Waals surface area contributed by atoms with Crippen LogP contribution < -0.4 is 10.4 Å². The van der Waals surface area contributed by atoms with E-state index in [1.165, 1.54) is 17.3 Å². The molecule has 1 unspecified atom stereocenters. The summed E-state index contributed by atoms with van der Waals surface area (Å²) in [6.07, 6.45) is 2.37. The summed E-state index contributed by atoms with van der Waals surface area (Å²) in [4.78, 5) is 11.9. The van der Waals surface area contributed by atoms with E-state index in [9.17, 15) is 4.79 Å². The summed E-state index contributed by atoms with van der Waals surface area (Å²) < 4.78 is 29.9. The summed E-state index contributed by atoms with van der Waals surface area (Å²) in [7, 11) is -2.66. The first kappa shape index (κ1) is 29.8. The van der Waals surface area contributed by atoms with Gasteiger partial charge in [0, 0.05) is 13.5 Å². The smallest absolute Gasteiger partial charge is 0.304 e. The molecule has 7 heteroatoms. The topological polar surface area (TPSA) is 63.2 Å². The number of carbonyl (C=O) groups excluding carboxylic acids is 1. The Kier molecular flexibility index (Phi) is 10.9. The summed E-state index contributed by atoms with van der Waals surface area (Å²) in [5.41, 5.74) is 0.965. The van der Waals surface area contributed by atoms with E-state index in [2.05, 4.69) is 75.9 Å². The van der Waals surface area contributed by atoms with Gasteiger partial charge >= 0.3 is 5.97 Å². The average molecular weight is 539 g/mol. The van der Waals surface area contributed by atoms with Crippen molar-refractivity contribution < 1.29 is 28.2 Å². The van der Waals surface area contributed by atoms with Crippen LogP contribution in [0.15, 0.2) is 84.7 Å². The third-order valence-corrected chi connectivity index (χ3v) is 11.8. The fourth-order valence-electron chi connectivity index (χ4n) is 4.95. The van der Waals surface area contributed by atoms with Crippen molar-refractivity contribution >= 4 is 24.7 Å². The maximum atomic E-state index is 11.9. The van der Waals surface area contributed by atoms with E-state index in [4.69, 9.17) is 23.4 Å². The maximum absolute atomic E-state index is 11.9. The number of carbonyl (C=O) groups is 1. The lowest BCUT2D eigenvalue weighted by atomic mass is 10.1. The Labute approximate surface area is 228 Å². The summed E-state index contributed by atoms with van der Waals surface area (Å²) in [5.74, 6) is 0.338. The zero-order valence-corrected chi connectivity index (χ0v) is 24.4. The van der Waals surface area contributed by atoms with Gasteiger partial charge < -0.3 is 23.4 Å². The molecule has 0 saturated heterocycles. The van der Waals surface area contributed by atoms with Crippen LogP contribution in [0.1, 0.15) is 53.9 Å². The average Bonchev–Trinajstić information content (AvgIpc) is 2.88. The van der Waals surface area contributed by atoms with Crippen molar-refractivity contribution in [3.8, 4) is 0 Å². The first-order chi connectivity index (χ1) is 18.2. The van der Waals surface area contributed by atoms with Crippen LogP contribution in [0.5, 0.6) is 0 Å². The van der Waals surface area contributed by atoms with Crippen LogP contribution in [0.2, 0.25) is 5.04 Å². The molecule has 1 aliphatic rings. The second-order valence-corrected chi connectivity index (χ2v) is 14.9. The second-order valence-electron chi connectivity index (χ2n) is 10.6. The van der Waals surface area contributed by atoms with Crippen LogP contribution in [-0.4, -0.2) is 46.7 Å². The number of ether oxygens (including phenoxy) is 4. The van der Waals surface area contributed by atoms with Gasteiger partial charge in [0.1, 0.15) is 5.76 Å². The highest BCUT2D eigenvalue weighted by Crippen LogP contribution is 2.37. The van der Waals surface area contributed by atoms with Crippen molar-refractivity contribution in [2.75, 3.05) is 20.0 Å². The molecule has 2 atom stereocenters. The molecule has 38 heavy (non-hydrogen) atoms. The molecule has 0 amide bonds. The molecule has 0 aliphatic carbocycles. The highest BCUT2D eigenvalue weighted by atomic mass is 28.4. The number of rotatable bonds is 13. The minimum Gasteiger partial charge on any atom is -0.472 e. The van der Waals surface area contributed by atoms with E-state index < -0.39 is 20.6 Å². The molecule has 0 bridgehead atoms. The van der Waals surface area contributed by atoms with Crippen molar-refractivity contribution in [2.24, 2.45) is 0 Å². The van der Waals surface area contributed by atoms with Crippen molar-refractivity contribution in [3.05, 3.63) is 84.7 Å². The zero-order chi connectivity index (χ0) is 27.6. The molecule has 0 radical (unpaired) electrons. The largest absolute Gasteiger partial charge is 0.472 e. The van der Waals surface area contributed by atoms with E-state index >= 15 is 0 Å². The lowest BCUT2D eigenvalue weighted by Crippen LogP contribution is -2.66. The molecule has 0 spiro atoms. The summed E-state index contributed by atoms with van der Waals surface area (Å²) in [6, 6.07) is 21.1. The Hall–Kier alpha value is -2.71. The summed E-state index contributed by atoms with van der Waals surface area (Å²) >= 11 is 0. The predicted molar refractivity (Wildman–Crippen MR) is 153 cm³/mol. The van der Waals surface area contributed by atoms with Gasteiger partial charge in [0.05, 0.1) is 19.1 Å². The zero-order valence-electron chi connectivity index (χ0n) is 23.4. The standard InChI is InChI=1S/C31H42O6Si/c1-7-14-26(37-30(36-25(3)32)21-29-24(2)22-33-23-34-29)19-20-35-38(31(4,5)6,27-15-10-8-11-16-27)28-17-12-9-13-18-28/h7-13,15-18,26,30H,1,14,19-23H2,2-6H3/t26-,30?/m0/s1. The van der Waals surface area contributed by atoms with Gasteiger partial charge in [0.2, 0.25) is 6.29 Å². The van der Waals surface area contributed by atoms with Gasteiger partial charge in [-0.05, 0) is 40.8 Å².